The number of nitrogens with zero attached hydrogens (tertiary/aromatic N) is 6. The number of hydrogen-bond acceptors (Lipinski definition) is 7. The van der Waals surface area contributed by atoms with Crippen molar-refractivity contribution < 1.29 is 0 Å². The fraction of sp³-hybridized carbons (Fsp3) is 0.400. The Hall–Kier alpha value is -2.80. The van der Waals surface area contributed by atoms with Gasteiger partial charge in [-0.1, -0.05) is 6.07 Å². The summed E-state index contributed by atoms with van der Waals surface area (Å²) in [5.41, 5.74) is 4.80. The molecular weight excluding hydrogens is 338 g/mol. The molecule has 0 unspecified atom stereocenters. The molecule has 1 aliphatic heterocycles. The third-order valence-corrected chi connectivity index (χ3v) is 5.09. The Morgan fingerprint density at radius 1 is 0.926 bits per heavy atom. The molecule has 0 amide bonds. The highest BCUT2D eigenvalue weighted by atomic mass is 15.3. The summed E-state index contributed by atoms with van der Waals surface area (Å²) < 4.78 is 0. The molecule has 1 fully saturated rings. The largest absolute Gasteiger partial charge is 0.339 e. The van der Waals surface area contributed by atoms with Gasteiger partial charge in [-0.05, 0) is 57.1 Å². The first-order valence-electron chi connectivity index (χ1n) is 9.37. The zero-order valence-corrected chi connectivity index (χ0v) is 16.1. The normalized spacial score (nSPS) is 15.7. The maximum Gasteiger partial charge on any atom is 0.229 e. The number of nitrogens with one attached hydrogen (secondary N) is 1. The Morgan fingerprint density at radius 2 is 1.78 bits per heavy atom. The number of rotatable bonds is 3. The predicted molar refractivity (Wildman–Crippen MR) is 109 cm³/mol. The van der Waals surface area contributed by atoms with E-state index in [0.29, 0.717) is 22.9 Å². The molecule has 0 radical (unpaired) electrons. The topological polar surface area (TPSA) is 70.1 Å². The summed E-state index contributed by atoms with van der Waals surface area (Å²) in [6.45, 7) is 8.17. The molecule has 1 aliphatic rings. The smallest absolute Gasteiger partial charge is 0.229 e. The molecule has 2 aromatic heterocycles. The van der Waals surface area contributed by atoms with Crippen LogP contribution in [0.4, 0.5) is 17.5 Å². The first-order valence-corrected chi connectivity index (χ1v) is 9.37. The third kappa shape index (κ3) is 3.83. The van der Waals surface area contributed by atoms with Crippen molar-refractivity contribution in [1.82, 2.24) is 24.8 Å². The zero-order chi connectivity index (χ0) is 18.8. The molecule has 0 bridgehead atoms. The van der Waals surface area contributed by atoms with Crippen molar-refractivity contribution in [3.05, 3.63) is 41.7 Å². The van der Waals surface area contributed by atoms with E-state index < -0.39 is 0 Å². The number of hydrogen-bond donors (Lipinski definition) is 1. The Labute approximate surface area is 159 Å². The van der Waals surface area contributed by atoms with E-state index in [4.69, 9.17) is 4.98 Å². The van der Waals surface area contributed by atoms with Gasteiger partial charge in [-0.2, -0.15) is 9.97 Å². The minimum absolute atomic E-state index is 0.617. The molecule has 0 aliphatic carbocycles. The van der Waals surface area contributed by atoms with Gasteiger partial charge in [0.15, 0.2) is 17.0 Å². The molecule has 7 nitrogen and oxygen atoms in total. The van der Waals surface area contributed by atoms with Crippen LogP contribution in [-0.2, 0) is 0 Å². The van der Waals surface area contributed by atoms with Crippen LogP contribution in [0.15, 0.2) is 30.6 Å². The van der Waals surface area contributed by atoms with Gasteiger partial charge in [-0.15, -0.1) is 0 Å². The lowest BCUT2D eigenvalue weighted by Gasteiger charge is -2.21. The van der Waals surface area contributed by atoms with E-state index in [0.717, 1.165) is 38.3 Å². The van der Waals surface area contributed by atoms with E-state index >= 15 is 0 Å². The monoisotopic (exact) mass is 363 g/mol. The summed E-state index contributed by atoms with van der Waals surface area (Å²) in [5.74, 6) is 1.41. The molecular formula is C20H25N7. The van der Waals surface area contributed by atoms with E-state index in [1.807, 2.05) is 0 Å². The van der Waals surface area contributed by atoms with Crippen LogP contribution in [0.1, 0.15) is 17.5 Å². The summed E-state index contributed by atoms with van der Waals surface area (Å²) in [7, 11) is 2.16. The van der Waals surface area contributed by atoms with Crippen LogP contribution in [-0.4, -0.2) is 58.1 Å². The van der Waals surface area contributed by atoms with E-state index in [-0.39, 0.29) is 0 Å². The fourth-order valence-electron chi connectivity index (χ4n) is 3.28. The van der Waals surface area contributed by atoms with Crippen molar-refractivity contribution in [2.24, 2.45) is 0 Å². The van der Waals surface area contributed by atoms with Crippen LogP contribution >= 0.6 is 0 Å². The van der Waals surface area contributed by atoms with Crippen molar-refractivity contribution in [3.8, 4) is 0 Å². The van der Waals surface area contributed by atoms with Gasteiger partial charge in [0, 0.05) is 37.7 Å². The molecule has 0 atom stereocenters. The third-order valence-electron chi connectivity index (χ3n) is 5.09. The van der Waals surface area contributed by atoms with Gasteiger partial charge in [0.05, 0.1) is 0 Å². The quantitative estimate of drug-likeness (QED) is 0.767. The van der Waals surface area contributed by atoms with Gasteiger partial charge in [0.25, 0.3) is 0 Å². The number of aryl methyl sites for hydroxylation is 2. The molecule has 3 heterocycles. The number of aromatic nitrogens is 4. The Kier molecular flexibility index (Phi) is 4.85. The molecule has 1 N–H and O–H groups in total. The Balaban J connectivity index is 1.73. The number of anilines is 3. The second-order valence-corrected chi connectivity index (χ2v) is 7.17. The summed E-state index contributed by atoms with van der Waals surface area (Å²) in [5, 5.41) is 3.43. The van der Waals surface area contributed by atoms with Crippen LogP contribution in [0, 0.1) is 13.8 Å². The van der Waals surface area contributed by atoms with Gasteiger partial charge in [0.1, 0.15) is 0 Å². The summed E-state index contributed by atoms with van der Waals surface area (Å²) in [6, 6.07) is 6.30. The van der Waals surface area contributed by atoms with E-state index in [9.17, 15) is 0 Å². The van der Waals surface area contributed by atoms with E-state index in [2.05, 4.69) is 69.2 Å². The second kappa shape index (κ2) is 7.44. The zero-order valence-electron chi connectivity index (χ0n) is 16.1. The van der Waals surface area contributed by atoms with Crippen LogP contribution in [0.2, 0.25) is 0 Å². The summed E-state index contributed by atoms with van der Waals surface area (Å²) >= 11 is 0. The highest BCUT2D eigenvalue weighted by Crippen LogP contribution is 2.25. The maximum atomic E-state index is 4.82. The molecule has 0 saturated carbocycles. The van der Waals surface area contributed by atoms with Gasteiger partial charge in [0.2, 0.25) is 5.95 Å². The minimum Gasteiger partial charge on any atom is -0.339 e. The average Bonchev–Trinajstić information content (AvgIpc) is 2.89. The molecule has 7 heteroatoms. The lowest BCUT2D eigenvalue weighted by Crippen LogP contribution is -2.30. The number of benzene rings is 1. The van der Waals surface area contributed by atoms with Crippen LogP contribution < -0.4 is 10.2 Å². The molecule has 140 valence electrons. The lowest BCUT2D eigenvalue weighted by atomic mass is 10.1. The fourth-order valence-corrected chi connectivity index (χ4v) is 3.28. The van der Waals surface area contributed by atoms with Crippen molar-refractivity contribution in [2.75, 3.05) is 43.4 Å². The summed E-state index contributed by atoms with van der Waals surface area (Å²) in [6.07, 6.45) is 4.45. The molecule has 1 saturated heterocycles. The first-order chi connectivity index (χ1) is 13.1. The average molecular weight is 363 g/mol. The van der Waals surface area contributed by atoms with Crippen LogP contribution in [0.3, 0.4) is 0 Å². The Morgan fingerprint density at radius 3 is 2.63 bits per heavy atom. The highest BCUT2D eigenvalue weighted by molar-refractivity contribution is 5.85. The highest BCUT2D eigenvalue weighted by Gasteiger charge is 2.18. The minimum atomic E-state index is 0.617. The standard InChI is InChI=1S/C20H25N7/c1-14-5-6-16(13-15(14)2)23-19-17-18(22-8-7-21-17)24-20(25-19)27-10-4-9-26(3)11-12-27/h5-8,13H,4,9-12H2,1-3H3,(H,22,23,24,25). The van der Waals surface area contributed by atoms with Crippen molar-refractivity contribution in [3.63, 3.8) is 0 Å². The summed E-state index contributed by atoms with van der Waals surface area (Å²) in [4.78, 5) is 23.0. The molecule has 0 spiro atoms. The van der Waals surface area contributed by atoms with Gasteiger partial charge < -0.3 is 15.1 Å². The number of fused-ring (bicyclic) bond motifs is 1. The van der Waals surface area contributed by atoms with Crippen LogP contribution in [0.25, 0.3) is 11.2 Å². The van der Waals surface area contributed by atoms with Gasteiger partial charge >= 0.3 is 0 Å². The van der Waals surface area contributed by atoms with Crippen molar-refractivity contribution in [2.45, 2.75) is 20.3 Å². The van der Waals surface area contributed by atoms with E-state index in [1.165, 1.54) is 11.1 Å². The van der Waals surface area contributed by atoms with Crippen molar-refractivity contribution >= 4 is 28.6 Å². The maximum absolute atomic E-state index is 4.82. The Bertz CT molecular complexity index is 956. The SMILES string of the molecule is Cc1ccc(Nc2nc(N3CCCN(C)CC3)nc3nccnc23)cc1C. The van der Waals surface area contributed by atoms with Crippen LogP contribution in [0.5, 0.6) is 0 Å². The molecule has 27 heavy (non-hydrogen) atoms. The van der Waals surface area contributed by atoms with Crippen molar-refractivity contribution in [1.29, 1.82) is 0 Å². The molecule has 3 aromatic rings. The molecule has 4 rings (SSSR count). The van der Waals surface area contributed by atoms with E-state index in [1.54, 1.807) is 12.4 Å². The van der Waals surface area contributed by atoms with Gasteiger partial charge in [-0.3, -0.25) is 0 Å². The molecule has 1 aromatic carbocycles. The number of likely N-dealkylation sites (N-methyl/N-ethyl adjacent to an activating group) is 1. The van der Waals surface area contributed by atoms with Gasteiger partial charge in [-0.25, -0.2) is 9.97 Å². The first kappa shape index (κ1) is 17.6. The second-order valence-electron chi connectivity index (χ2n) is 7.17. The predicted octanol–water partition coefficient (Wildman–Crippen LogP) is 2.92. The lowest BCUT2D eigenvalue weighted by molar-refractivity contribution is 0.360.